The van der Waals surface area contributed by atoms with Crippen LogP contribution in [0.25, 0.3) is 0 Å². The smallest absolute Gasteiger partial charge is 0.227 e. The van der Waals surface area contributed by atoms with E-state index in [-0.39, 0.29) is 17.7 Å². The summed E-state index contributed by atoms with van der Waals surface area (Å²) < 4.78 is 5.02. The minimum atomic E-state index is -0.0287. The molecule has 0 spiro atoms. The van der Waals surface area contributed by atoms with Gasteiger partial charge in [0.15, 0.2) is 5.82 Å². The first-order valence-corrected chi connectivity index (χ1v) is 8.92. The van der Waals surface area contributed by atoms with E-state index < -0.39 is 0 Å². The Morgan fingerprint density at radius 1 is 1.29 bits per heavy atom. The Labute approximate surface area is 142 Å². The van der Waals surface area contributed by atoms with Crippen LogP contribution in [-0.4, -0.2) is 57.9 Å². The van der Waals surface area contributed by atoms with Gasteiger partial charge in [-0.3, -0.25) is 9.59 Å². The molecule has 132 valence electrons. The number of aryl methyl sites for hydroxylation is 1. The van der Waals surface area contributed by atoms with Crippen molar-refractivity contribution in [3.63, 3.8) is 0 Å². The molecule has 2 fully saturated rings. The lowest BCUT2D eigenvalue weighted by molar-refractivity contribution is -0.143. The van der Waals surface area contributed by atoms with E-state index in [0.29, 0.717) is 37.7 Å². The Hall–Kier alpha value is -1.92. The molecule has 0 bridgehead atoms. The number of likely N-dealkylation sites (tertiary alicyclic amines) is 2. The number of rotatable bonds is 4. The fourth-order valence-electron chi connectivity index (χ4n) is 3.72. The number of amides is 2. The molecule has 0 saturated carbocycles. The predicted octanol–water partition coefficient (Wildman–Crippen LogP) is 1.42. The Bertz CT molecular complexity index is 592. The second-order valence-electron chi connectivity index (χ2n) is 6.87. The monoisotopic (exact) mass is 334 g/mol. The maximum atomic E-state index is 12.7. The largest absolute Gasteiger partial charge is 0.342 e. The van der Waals surface area contributed by atoms with E-state index in [1.54, 1.807) is 11.8 Å². The molecule has 2 aliphatic rings. The van der Waals surface area contributed by atoms with Crippen LogP contribution in [0.5, 0.6) is 0 Å². The number of aromatic nitrogens is 2. The van der Waals surface area contributed by atoms with Crippen molar-refractivity contribution in [3.8, 4) is 0 Å². The van der Waals surface area contributed by atoms with Gasteiger partial charge in [-0.25, -0.2) is 0 Å². The topological polar surface area (TPSA) is 79.5 Å². The van der Waals surface area contributed by atoms with Crippen LogP contribution in [0.4, 0.5) is 0 Å². The van der Waals surface area contributed by atoms with Crippen LogP contribution in [0.3, 0.4) is 0 Å². The van der Waals surface area contributed by atoms with Gasteiger partial charge in [-0.1, -0.05) is 5.16 Å². The zero-order valence-corrected chi connectivity index (χ0v) is 14.5. The van der Waals surface area contributed by atoms with Crippen LogP contribution < -0.4 is 0 Å². The summed E-state index contributed by atoms with van der Waals surface area (Å²) >= 11 is 0. The van der Waals surface area contributed by atoms with E-state index in [4.69, 9.17) is 4.52 Å². The second kappa shape index (κ2) is 7.32. The fraction of sp³-hybridized carbons (Fsp3) is 0.765. The van der Waals surface area contributed by atoms with Crippen molar-refractivity contribution in [3.05, 3.63) is 11.7 Å². The summed E-state index contributed by atoms with van der Waals surface area (Å²) in [5.41, 5.74) is 0. The summed E-state index contributed by atoms with van der Waals surface area (Å²) in [5.74, 6) is 2.24. The Morgan fingerprint density at radius 2 is 2.04 bits per heavy atom. The van der Waals surface area contributed by atoms with Crippen LogP contribution in [0.1, 0.15) is 44.3 Å². The molecule has 24 heavy (non-hydrogen) atoms. The molecule has 7 nitrogen and oxygen atoms in total. The first-order valence-electron chi connectivity index (χ1n) is 8.92. The van der Waals surface area contributed by atoms with E-state index in [0.717, 1.165) is 38.2 Å². The molecule has 3 rings (SSSR count). The van der Waals surface area contributed by atoms with Gasteiger partial charge < -0.3 is 14.3 Å². The zero-order chi connectivity index (χ0) is 17.1. The van der Waals surface area contributed by atoms with Crippen molar-refractivity contribution in [2.45, 2.75) is 46.0 Å². The SMILES string of the molecule is CCN1C[C@@H](C(=O)N2CCC(Cc3noc(C)n3)CC2)CCC1=O. The van der Waals surface area contributed by atoms with Crippen molar-refractivity contribution >= 4 is 11.8 Å². The maximum Gasteiger partial charge on any atom is 0.227 e. The first kappa shape index (κ1) is 16.9. The van der Waals surface area contributed by atoms with Crippen LogP contribution in [0, 0.1) is 18.8 Å². The lowest BCUT2D eigenvalue weighted by Crippen LogP contribution is -2.48. The van der Waals surface area contributed by atoms with Crippen LogP contribution in [0.2, 0.25) is 0 Å². The van der Waals surface area contributed by atoms with Crippen LogP contribution in [0.15, 0.2) is 4.52 Å². The molecule has 0 radical (unpaired) electrons. The van der Waals surface area contributed by atoms with Gasteiger partial charge in [0.05, 0.1) is 5.92 Å². The molecule has 7 heteroatoms. The summed E-state index contributed by atoms with van der Waals surface area (Å²) in [5, 5.41) is 3.96. The van der Waals surface area contributed by atoms with E-state index in [1.807, 2.05) is 11.8 Å². The Morgan fingerprint density at radius 3 is 2.67 bits per heavy atom. The van der Waals surface area contributed by atoms with Gasteiger partial charge in [-0.15, -0.1) is 0 Å². The molecular weight excluding hydrogens is 308 g/mol. The zero-order valence-electron chi connectivity index (χ0n) is 14.5. The van der Waals surface area contributed by atoms with Crippen LogP contribution in [-0.2, 0) is 16.0 Å². The lowest BCUT2D eigenvalue weighted by Gasteiger charge is -2.37. The number of carbonyl (C=O) groups excluding carboxylic acids is 2. The van der Waals surface area contributed by atoms with E-state index >= 15 is 0 Å². The summed E-state index contributed by atoms with van der Waals surface area (Å²) in [6, 6.07) is 0. The van der Waals surface area contributed by atoms with E-state index in [2.05, 4.69) is 10.1 Å². The van der Waals surface area contributed by atoms with Gasteiger partial charge in [0.1, 0.15) is 0 Å². The third-order valence-electron chi connectivity index (χ3n) is 5.20. The Balaban J connectivity index is 1.49. The molecule has 0 aliphatic carbocycles. The van der Waals surface area contributed by atoms with Gasteiger partial charge in [0.25, 0.3) is 0 Å². The lowest BCUT2D eigenvalue weighted by atomic mass is 9.91. The van der Waals surface area contributed by atoms with Crippen molar-refractivity contribution in [2.75, 3.05) is 26.2 Å². The van der Waals surface area contributed by atoms with Gasteiger partial charge in [-0.2, -0.15) is 4.98 Å². The molecule has 2 saturated heterocycles. The van der Waals surface area contributed by atoms with Gasteiger partial charge in [0, 0.05) is 45.9 Å². The first-order chi connectivity index (χ1) is 11.6. The molecule has 1 atom stereocenters. The number of piperidine rings is 2. The van der Waals surface area contributed by atoms with Crippen molar-refractivity contribution in [1.29, 1.82) is 0 Å². The van der Waals surface area contributed by atoms with Gasteiger partial charge >= 0.3 is 0 Å². The second-order valence-corrected chi connectivity index (χ2v) is 6.87. The number of hydrogen-bond acceptors (Lipinski definition) is 5. The molecule has 0 unspecified atom stereocenters. The quantitative estimate of drug-likeness (QED) is 0.832. The molecule has 1 aromatic rings. The summed E-state index contributed by atoms with van der Waals surface area (Å²) in [4.78, 5) is 32.6. The third kappa shape index (κ3) is 3.76. The average molecular weight is 334 g/mol. The standard InChI is InChI=1S/C17H26N4O3/c1-3-20-11-14(4-5-16(20)22)17(23)21-8-6-13(7-9-21)10-15-18-12(2)24-19-15/h13-14H,3-11H2,1-2H3/t14-/m0/s1. The van der Waals surface area contributed by atoms with Gasteiger partial charge in [-0.05, 0) is 32.1 Å². The summed E-state index contributed by atoms with van der Waals surface area (Å²) in [7, 11) is 0. The molecule has 3 heterocycles. The fourth-order valence-corrected chi connectivity index (χ4v) is 3.72. The van der Waals surface area contributed by atoms with Gasteiger partial charge in [0.2, 0.25) is 17.7 Å². The van der Waals surface area contributed by atoms with Crippen molar-refractivity contribution in [2.24, 2.45) is 11.8 Å². The van der Waals surface area contributed by atoms with E-state index in [1.165, 1.54) is 0 Å². The van der Waals surface area contributed by atoms with Crippen LogP contribution >= 0.6 is 0 Å². The number of hydrogen-bond donors (Lipinski definition) is 0. The third-order valence-corrected chi connectivity index (χ3v) is 5.20. The molecule has 0 aromatic carbocycles. The highest BCUT2D eigenvalue weighted by atomic mass is 16.5. The van der Waals surface area contributed by atoms with Crippen molar-refractivity contribution < 1.29 is 14.1 Å². The molecular formula is C17H26N4O3. The summed E-state index contributed by atoms with van der Waals surface area (Å²) in [6.45, 7) is 6.61. The maximum absolute atomic E-state index is 12.7. The number of carbonyl (C=O) groups is 2. The highest BCUT2D eigenvalue weighted by Crippen LogP contribution is 2.25. The molecule has 2 amide bonds. The normalized spacial score (nSPS) is 22.9. The molecule has 1 aromatic heterocycles. The Kier molecular flexibility index (Phi) is 5.16. The van der Waals surface area contributed by atoms with Crippen molar-refractivity contribution in [1.82, 2.24) is 19.9 Å². The highest BCUT2D eigenvalue weighted by molar-refractivity contribution is 5.83. The highest BCUT2D eigenvalue weighted by Gasteiger charge is 2.33. The minimum Gasteiger partial charge on any atom is -0.342 e. The molecule has 2 aliphatic heterocycles. The summed E-state index contributed by atoms with van der Waals surface area (Å²) in [6.07, 6.45) is 3.96. The predicted molar refractivity (Wildman–Crippen MR) is 87.0 cm³/mol. The molecule has 0 N–H and O–H groups in total. The van der Waals surface area contributed by atoms with E-state index in [9.17, 15) is 9.59 Å². The average Bonchev–Trinajstić information content (AvgIpc) is 3.00. The number of nitrogens with zero attached hydrogens (tertiary/aromatic N) is 4. The minimum absolute atomic E-state index is 0.0287.